The van der Waals surface area contributed by atoms with Gasteiger partial charge in [0.2, 0.25) is 0 Å². The first-order valence-electron chi connectivity index (χ1n) is 13.4. The Hall–Kier alpha value is -1.74. The highest BCUT2D eigenvalue weighted by Crippen LogP contribution is 2.45. The lowest BCUT2D eigenvalue weighted by Crippen LogP contribution is -1.99. The number of hydrogen-bond donors (Lipinski definition) is 0. The van der Waals surface area contributed by atoms with Crippen molar-refractivity contribution in [1.29, 1.82) is 0 Å². The molecular formula is C30H44O2S. The molecule has 0 saturated carbocycles. The molecule has 0 N–H and O–H groups in total. The van der Waals surface area contributed by atoms with Crippen LogP contribution >= 0.6 is 11.3 Å². The zero-order valence-corrected chi connectivity index (χ0v) is 22.3. The van der Waals surface area contributed by atoms with Crippen molar-refractivity contribution in [3.63, 3.8) is 0 Å². The third kappa shape index (κ3) is 7.12. The maximum absolute atomic E-state index is 6.37. The quantitative estimate of drug-likeness (QED) is 0.195. The number of unbranched alkanes of at least 4 members (excludes halogenated alkanes) is 10. The first kappa shape index (κ1) is 25.9. The lowest BCUT2D eigenvalue weighted by molar-refractivity contribution is 0.306. The van der Waals surface area contributed by atoms with Gasteiger partial charge in [-0.25, -0.2) is 0 Å². The number of thiophene rings is 1. The summed E-state index contributed by atoms with van der Waals surface area (Å²) in [7, 11) is 0. The fourth-order valence-electron chi connectivity index (χ4n) is 4.52. The second-order valence-electron chi connectivity index (χ2n) is 9.51. The van der Waals surface area contributed by atoms with Crippen LogP contribution in [0.5, 0.6) is 11.5 Å². The number of hydrogen-bond acceptors (Lipinski definition) is 3. The van der Waals surface area contributed by atoms with Crippen LogP contribution in [-0.4, -0.2) is 13.2 Å². The van der Waals surface area contributed by atoms with Crippen LogP contribution in [0.4, 0.5) is 0 Å². The van der Waals surface area contributed by atoms with Crippen LogP contribution in [0.1, 0.15) is 102 Å². The maximum atomic E-state index is 6.37. The van der Waals surface area contributed by atoms with Crippen molar-refractivity contribution in [2.45, 2.75) is 105 Å². The van der Waals surface area contributed by atoms with Crippen LogP contribution in [0.15, 0.2) is 24.3 Å². The van der Waals surface area contributed by atoms with Gasteiger partial charge in [0.1, 0.15) is 11.5 Å². The van der Waals surface area contributed by atoms with Gasteiger partial charge in [-0.05, 0) is 37.8 Å². The molecule has 2 nitrogen and oxygen atoms in total. The van der Waals surface area contributed by atoms with Crippen LogP contribution in [0.3, 0.4) is 0 Å². The number of aryl methyl sites for hydroxylation is 2. The summed E-state index contributed by atoms with van der Waals surface area (Å²) < 4.78 is 15.3. The average Bonchev–Trinajstić information content (AvgIpc) is 3.19. The summed E-state index contributed by atoms with van der Waals surface area (Å²) in [5.41, 5.74) is 2.46. The largest absolute Gasteiger partial charge is 0.492 e. The van der Waals surface area contributed by atoms with Gasteiger partial charge in [0, 0.05) is 10.8 Å². The Morgan fingerprint density at radius 2 is 0.939 bits per heavy atom. The highest BCUT2D eigenvalue weighted by molar-refractivity contribution is 7.26. The molecule has 182 valence electrons. The Bertz CT molecular complexity index is 910. The zero-order chi connectivity index (χ0) is 23.5. The molecule has 0 aliphatic heterocycles. The van der Waals surface area contributed by atoms with Crippen molar-refractivity contribution in [1.82, 2.24) is 0 Å². The molecule has 1 heterocycles. The summed E-state index contributed by atoms with van der Waals surface area (Å²) in [6, 6.07) is 8.94. The van der Waals surface area contributed by atoms with Gasteiger partial charge in [0.25, 0.3) is 0 Å². The topological polar surface area (TPSA) is 18.5 Å². The van der Waals surface area contributed by atoms with E-state index < -0.39 is 0 Å². The minimum absolute atomic E-state index is 0.806. The minimum atomic E-state index is 0.806. The summed E-state index contributed by atoms with van der Waals surface area (Å²) in [5, 5.41) is 2.59. The van der Waals surface area contributed by atoms with E-state index in [1.54, 1.807) is 0 Å². The Kier molecular flexibility index (Phi) is 10.9. The van der Waals surface area contributed by atoms with Crippen molar-refractivity contribution >= 4 is 31.5 Å². The van der Waals surface area contributed by atoms with Gasteiger partial charge < -0.3 is 9.47 Å². The summed E-state index contributed by atoms with van der Waals surface area (Å²) in [4.78, 5) is 0. The van der Waals surface area contributed by atoms with E-state index in [0.29, 0.717) is 0 Å². The Labute approximate surface area is 205 Å². The average molecular weight is 469 g/mol. The van der Waals surface area contributed by atoms with Crippen molar-refractivity contribution in [2.75, 3.05) is 13.2 Å². The highest BCUT2D eigenvalue weighted by Gasteiger charge is 2.16. The molecule has 3 rings (SSSR count). The molecule has 0 saturated heterocycles. The molecule has 0 spiro atoms. The first-order valence-corrected chi connectivity index (χ1v) is 14.2. The lowest BCUT2D eigenvalue weighted by Gasteiger charge is -2.10. The molecular weight excluding hydrogens is 424 g/mol. The smallest absolute Gasteiger partial charge is 0.140 e. The molecule has 0 aliphatic rings. The van der Waals surface area contributed by atoms with Gasteiger partial charge in [0.15, 0.2) is 0 Å². The second kappa shape index (κ2) is 13.8. The van der Waals surface area contributed by atoms with Gasteiger partial charge in [-0.2, -0.15) is 0 Å². The molecule has 0 unspecified atom stereocenters. The minimum Gasteiger partial charge on any atom is -0.492 e. The molecule has 0 aliphatic carbocycles. The van der Waals surface area contributed by atoms with Gasteiger partial charge in [-0.1, -0.05) is 102 Å². The number of fused-ring (bicyclic) bond motifs is 3. The van der Waals surface area contributed by atoms with Crippen LogP contribution in [0.2, 0.25) is 0 Å². The lowest BCUT2D eigenvalue weighted by atomic mass is 10.1. The van der Waals surface area contributed by atoms with Crippen molar-refractivity contribution < 1.29 is 9.47 Å². The van der Waals surface area contributed by atoms with Gasteiger partial charge in [-0.15, -0.1) is 11.3 Å². The van der Waals surface area contributed by atoms with E-state index in [0.717, 1.165) is 37.6 Å². The predicted molar refractivity (Wildman–Crippen MR) is 147 cm³/mol. The molecule has 0 amide bonds. The molecule has 33 heavy (non-hydrogen) atoms. The molecule has 0 radical (unpaired) electrons. The van der Waals surface area contributed by atoms with Gasteiger partial charge in [-0.3, -0.25) is 0 Å². The molecule has 3 heteroatoms. The Balaban J connectivity index is 1.70. The van der Waals surface area contributed by atoms with E-state index in [1.165, 1.54) is 95.5 Å². The summed E-state index contributed by atoms with van der Waals surface area (Å²) >= 11 is 1.84. The maximum Gasteiger partial charge on any atom is 0.140 e. The highest BCUT2D eigenvalue weighted by atomic mass is 32.1. The molecule has 3 aromatic rings. The van der Waals surface area contributed by atoms with Crippen LogP contribution in [0.25, 0.3) is 20.2 Å². The van der Waals surface area contributed by atoms with Crippen LogP contribution in [0, 0.1) is 13.8 Å². The second-order valence-corrected chi connectivity index (χ2v) is 10.5. The Morgan fingerprint density at radius 1 is 0.545 bits per heavy atom. The molecule has 2 aromatic carbocycles. The first-order chi connectivity index (χ1) is 16.2. The summed E-state index contributed by atoms with van der Waals surface area (Å²) in [6.07, 6.45) is 15.4. The number of benzene rings is 2. The fourth-order valence-corrected chi connectivity index (χ4v) is 5.93. The van der Waals surface area contributed by atoms with Gasteiger partial charge in [0.05, 0.1) is 22.6 Å². The molecule has 0 atom stereocenters. The van der Waals surface area contributed by atoms with E-state index in [-0.39, 0.29) is 0 Å². The predicted octanol–water partition coefficient (Wildman–Crippen LogP) is 10.1. The van der Waals surface area contributed by atoms with E-state index >= 15 is 0 Å². The monoisotopic (exact) mass is 468 g/mol. The van der Waals surface area contributed by atoms with E-state index in [9.17, 15) is 0 Å². The van der Waals surface area contributed by atoms with Crippen LogP contribution in [-0.2, 0) is 0 Å². The molecule has 0 fully saturated rings. The standard InChI is InChI=1S/C30H44O2S/c1-5-7-9-11-13-15-21-31-27-23(3)17-19-25-26-20-18-24(4)28(30(26)33-29(25)27)32-22-16-14-12-10-8-6-2/h17-20H,5-16,21-22H2,1-4H3. The Morgan fingerprint density at radius 3 is 1.36 bits per heavy atom. The zero-order valence-electron chi connectivity index (χ0n) is 21.4. The normalized spacial score (nSPS) is 11.5. The van der Waals surface area contributed by atoms with Crippen LogP contribution < -0.4 is 9.47 Å². The fraction of sp³-hybridized carbons (Fsp3) is 0.600. The van der Waals surface area contributed by atoms with Crippen molar-refractivity contribution in [2.24, 2.45) is 0 Å². The van der Waals surface area contributed by atoms with E-state index in [4.69, 9.17) is 9.47 Å². The molecule has 1 aromatic heterocycles. The van der Waals surface area contributed by atoms with Gasteiger partial charge >= 0.3 is 0 Å². The third-order valence-corrected chi connectivity index (χ3v) is 7.82. The SMILES string of the molecule is CCCCCCCCOc1c(C)ccc2c1sc1c(OCCCCCCCC)c(C)ccc12. The summed E-state index contributed by atoms with van der Waals surface area (Å²) in [5.74, 6) is 2.14. The summed E-state index contributed by atoms with van der Waals surface area (Å²) in [6.45, 7) is 10.5. The number of rotatable bonds is 16. The molecule has 0 bridgehead atoms. The van der Waals surface area contributed by atoms with E-state index in [2.05, 4.69) is 52.0 Å². The number of ether oxygens (including phenoxy) is 2. The van der Waals surface area contributed by atoms with Crippen molar-refractivity contribution in [3.8, 4) is 11.5 Å². The van der Waals surface area contributed by atoms with Crippen molar-refractivity contribution in [3.05, 3.63) is 35.4 Å². The third-order valence-electron chi connectivity index (χ3n) is 6.60. The van der Waals surface area contributed by atoms with E-state index in [1.807, 2.05) is 11.3 Å².